The Balaban J connectivity index is 0.00000245. The van der Waals surface area contributed by atoms with Crippen molar-refractivity contribution in [3.05, 3.63) is 94.6 Å². The quantitative estimate of drug-likeness (QED) is 0.595. The monoisotopic (exact) mass is 446 g/mol. The number of rotatable bonds is 6. The smallest absolute Gasteiger partial charge is 0.0607 e. The van der Waals surface area contributed by atoms with E-state index in [4.69, 9.17) is 10.7 Å². The minimum atomic E-state index is 0. The van der Waals surface area contributed by atoms with Crippen LogP contribution < -0.4 is 5.73 Å². The van der Waals surface area contributed by atoms with Crippen molar-refractivity contribution in [3.8, 4) is 0 Å². The molecule has 0 aliphatic heterocycles. The molecule has 1 unspecified atom stereocenters. The highest BCUT2D eigenvalue weighted by Gasteiger charge is 2.30. The molecule has 0 bridgehead atoms. The van der Waals surface area contributed by atoms with Crippen molar-refractivity contribution in [1.29, 1.82) is 0 Å². The highest BCUT2D eigenvalue weighted by Crippen LogP contribution is 2.35. The molecular weight excluding hydrogens is 412 g/mol. The summed E-state index contributed by atoms with van der Waals surface area (Å²) in [6.45, 7) is 2.64. The van der Waals surface area contributed by atoms with Crippen LogP contribution in [0.4, 0.5) is 0 Å². The first kappa shape index (κ1) is 23.0. The van der Waals surface area contributed by atoms with Gasteiger partial charge in [0.25, 0.3) is 0 Å². The van der Waals surface area contributed by atoms with Crippen LogP contribution in [-0.4, -0.2) is 21.4 Å². The van der Waals surface area contributed by atoms with Gasteiger partial charge in [-0.3, -0.25) is 14.9 Å². The lowest BCUT2D eigenvalue weighted by Crippen LogP contribution is -2.37. The van der Waals surface area contributed by atoms with Crippen LogP contribution in [0, 0.1) is 5.92 Å². The molecule has 2 heterocycles. The number of aromatic nitrogens is 2. The first-order valence-corrected chi connectivity index (χ1v) is 11.7. The molecule has 4 nitrogen and oxygen atoms in total. The second-order valence-corrected chi connectivity index (χ2v) is 9.12. The third-order valence-corrected chi connectivity index (χ3v) is 7.03. The van der Waals surface area contributed by atoms with Crippen molar-refractivity contribution < 1.29 is 0 Å². The number of nitrogens with zero attached hydrogens (tertiary/aromatic N) is 3. The number of pyridine rings is 2. The maximum absolute atomic E-state index is 5.81. The average molecular weight is 447 g/mol. The van der Waals surface area contributed by atoms with Gasteiger partial charge >= 0.3 is 0 Å². The molecule has 2 N–H and O–H groups in total. The van der Waals surface area contributed by atoms with E-state index in [1.165, 1.54) is 52.9 Å². The summed E-state index contributed by atoms with van der Waals surface area (Å²) in [6, 6.07) is 17.9. The van der Waals surface area contributed by atoms with Gasteiger partial charge in [-0.05, 0) is 78.8 Å². The Morgan fingerprint density at radius 1 is 0.875 bits per heavy atom. The molecule has 0 fully saturated rings. The van der Waals surface area contributed by atoms with Crippen LogP contribution in [0.15, 0.2) is 60.9 Å². The van der Waals surface area contributed by atoms with Crippen molar-refractivity contribution in [3.63, 3.8) is 0 Å². The van der Waals surface area contributed by atoms with Crippen LogP contribution in [0.1, 0.15) is 58.9 Å². The molecule has 32 heavy (non-hydrogen) atoms. The molecule has 2 atom stereocenters. The fourth-order valence-corrected chi connectivity index (χ4v) is 5.36. The third-order valence-electron chi connectivity index (χ3n) is 7.03. The molecule has 168 valence electrons. The van der Waals surface area contributed by atoms with E-state index in [2.05, 4.69) is 58.4 Å². The minimum absolute atomic E-state index is 0. The lowest BCUT2D eigenvalue weighted by atomic mass is 9.85. The van der Waals surface area contributed by atoms with Crippen LogP contribution in [0.25, 0.3) is 0 Å². The fraction of sp³-hybridized carbons (Fsp3) is 0.407. The Morgan fingerprint density at radius 3 is 2.44 bits per heavy atom. The Kier molecular flexibility index (Phi) is 7.61. The summed E-state index contributed by atoms with van der Waals surface area (Å²) < 4.78 is 0. The molecule has 5 heteroatoms. The number of benzene rings is 1. The Bertz CT molecular complexity index is 1020. The second-order valence-electron chi connectivity index (χ2n) is 9.12. The summed E-state index contributed by atoms with van der Waals surface area (Å²) in [5, 5.41) is 0. The lowest BCUT2D eigenvalue weighted by Gasteiger charge is -2.38. The zero-order chi connectivity index (χ0) is 21.0. The van der Waals surface area contributed by atoms with E-state index in [1.807, 2.05) is 12.4 Å². The Morgan fingerprint density at radius 2 is 1.62 bits per heavy atom. The van der Waals surface area contributed by atoms with E-state index in [0.717, 1.165) is 32.4 Å². The summed E-state index contributed by atoms with van der Waals surface area (Å²) in [5.74, 6) is 0.639. The number of nitrogens with two attached hydrogens (primary N) is 1. The number of fused-ring (bicyclic) bond motifs is 2. The normalized spacial score (nSPS) is 19.7. The van der Waals surface area contributed by atoms with Crippen LogP contribution >= 0.6 is 13.5 Å². The topological polar surface area (TPSA) is 55.0 Å². The molecule has 5 rings (SSSR count). The van der Waals surface area contributed by atoms with Crippen molar-refractivity contribution in [2.75, 3.05) is 6.54 Å². The van der Waals surface area contributed by atoms with Gasteiger partial charge in [0.05, 0.1) is 11.7 Å². The third kappa shape index (κ3) is 5.06. The van der Waals surface area contributed by atoms with Gasteiger partial charge in [-0.25, -0.2) is 0 Å². The van der Waals surface area contributed by atoms with Gasteiger partial charge in [0.2, 0.25) is 0 Å². The minimum Gasteiger partial charge on any atom is -0.326 e. The largest absolute Gasteiger partial charge is 0.326 e. The van der Waals surface area contributed by atoms with Gasteiger partial charge in [0.1, 0.15) is 0 Å². The van der Waals surface area contributed by atoms with Crippen LogP contribution in [0.5, 0.6) is 0 Å². The summed E-state index contributed by atoms with van der Waals surface area (Å²) in [6.07, 6.45) is 11.0. The Hall–Kier alpha value is -2.21. The molecule has 0 spiro atoms. The van der Waals surface area contributed by atoms with Crippen LogP contribution in [0.2, 0.25) is 0 Å². The van der Waals surface area contributed by atoms with E-state index < -0.39 is 0 Å². The van der Waals surface area contributed by atoms with Gasteiger partial charge < -0.3 is 5.73 Å². The van der Waals surface area contributed by atoms with Gasteiger partial charge in [-0.2, -0.15) is 13.5 Å². The van der Waals surface area contributed by atoms with Crippen molar-refractivity contribution in [1.82, 2.24) is 14.9 Å². The highest BCUT2D eigenvalue weighted by atomic mass is 32.1. The molecule has 2 aliphatic carbocycles. The maximum Gasteiger partial charge on any atom is 0.0607 e. The van der Waals surface area contributed by atoms with E-state index in [9.17, 15) is 0 Å². The van der Waals surface area contributed by atoms with E-state index in [-0.39, 0.29) is 13.5 Å². The Labute approximate surface area is 198 Å². The highest BCUT2D eigenvalue weighted by molar-refractivity contribution is 7.59. The predicted octanol–water partition coefficient (Wildman–Crippen LogP) is 4.73. The first-order chi connectivity index (χ1) is 15.3. The number of aryl methyl sites for hydroxylation is 2. The zero-order valence-electron chi connectivity index (χ0n) is 18.7. The second kappa shape index (κ2) is 10.6. The maximum atomic E-state index is 5.81. The standard InChI is InChI=1S/C27H32N4.H2S/c28-17-20-8-10-21(11-9-20)18-31(26-7-1-4-24-6-3-15-30-27(24)26)19-22-12-13-23-5-2-14-29-25(23)16-22;/h2-3,5-6,8-11,14-15,22,26H,1,4,7,12-13,16-19,28H2;1H2/t22?,26-;/m0./s1. The lowest BCUT2D eigenvalue weighted by molar-refractivity contribution is 0.133. The predicted molar refractivity (Wildman–Crippen MR) is 135 cm³/mol. The van der Waals surface area contributed by atoms with E-state index in [1.54, 1.807) is 0 Å². The molecule has 3 aromatic rings. The molecule has 0 radical (unpaired) electrons. The van der Waals surface area contributed by atoms with Crippen molar-refractivity contribution >= 4 is 13.5 Å². The molecule has 0 saturated heterocycles. The van der Waals surface area contributed by atoms with E-state index >= 15 is 0 Å². The number of hydrogen-bond acceptors (Lipinski definition) is 4. The van der Waals surface area contributed by atoms with Crippen molar-refractivity contribution in [2.24, 2.45) is 11.7 Å². The summed E-state index contributed by atoms with van der Waals surface area (Å²) in [7, 11) is 0. The average Bonchev–Trinajstić information content (AvgIpc) is 2.83. The van der Waals surface area contributed by atoms with Gasteiger partial charge in [0.15, 0.2) is 0 Å². The van der Waals surface area contributed by atoms with Gasteiger partial charge in [-0.1, -0.05) is 36.4 Å². The number of hydrogen-bond donors (Lipinski definition) is 1. The molecule has 2 aliphatic rings. The summed E-state index contributed by atoms with van der Waals surface area (Å²) in [5.41, 5.74) is 13.8. The van der Waals surface area contributed by atoms with Crippen LogP contribution in [-0.2, 0) is 32.4 Å². The first-order valence-electron chi connectivity index (χ1n) is 11.7. The molecule has 0 saturated carbocycles. The molecule has 0 amide bonds. The van der Waals surface area contributed by atoms with Crippen molar-refractivity contribution in [2.45, 2.75) is 57.7 Å². The van der Waals surface area contributed by atoms with Crippen LogP contribution in [0.3, 0.4) is 0 Å². The van der Waals surface area contributed by atoms with Gasteiger partial charge in [0, 0.05) is 37.7 Å². The zero-order valence-corrected chi connectivity index (χ0v) is 19.7. The van der Waals surface area contributed by atoms with Gasteiger partial charge in [-0.15, -0.1) is 0 Å². The molecule has 1 aromatic carbocycles. The molecule has 2 aromatic heterocycles. The summed E-state index contributed by atoms with van der Waals surface area (Å²) >= 11 is 0. The summed E-state index contributed by atoms with van der Waals surface area (Å²) in [4.78, 5) is 12.2. The molecular formula is C27H34N4S. The fourth-order valence-electron chi connectivity index (χ4n) is 5.36. The van der Waals surface area contributed by atoms with E-state index in [0.29, 0.717) is 18.5 Å². The SMILES string of the molecule is NCc1ccc(CN(CC2CCc3cccnc3C2)[C@H]2CCCc3cccnc32)cc1.S.